The molecule has 4 heteroatoms. The molecule has 0 unspecified atom stereocenters. The third-order valence-electron chi connectivity index (χ3n) is 2.79. The molecule has 1 aliphatic rings. The summed E-state index contributed by atoms with van der Waals surface area (Å²) in [5, 5.41) is 9.67. The topological polar surface area (TPSA) is 63.5 Å². The maximum Gasteiger partial charge on any atom is 0.217 e. The summed E-state index contributed by atoms with van der Waals surface area (Å²) in [4.78, 5) is 4.11. The zero-order valence-electron chi connectivity index (χ0n) is 7.70. The predicted molar refractivity (Wildman–Crippen MR) is 53.3 cm³/mol. The Bertz CT molecular complexity index is 516. The van der Waals surface area contributed by atoms with Crippen LogP contribution < -0.4 is 5.73 Å². The first-order valence-corrected chi connectivity index (χ1v) is 4.74. The molecule has 3 N–H and O–H groups in total. The lowest BCUT2D eigenvalue weighted by atomic mass is 10.2. The number of rotatable bonds is 0. The van der Waals surface area contributed by atoms with E-state index in [1.165, 1.54) is 0 Å². The smallest absolute Gasteiger partial charge is 0.217 e. The number of fused-ring (bicyclic) bond motifs is 3. The molecule has 0 saturated carbocycles. The van der Waals surface area contributed by atoms with Crippen molar-refractivity contribution in [3.8, 4) is 5.88 Å². The Balaban J connectivity index is 2.45. The molecule has 2 heterocycles. The summed E-state index contributed by atoms with van der Waals surface area (Å²) in [7, 11) is 0. The summed E-state index contributed by atoms with van der Waals surface area (Å²) in [6, 6.07) is 1.78. The van der Waals surface area contributed by atoms with E-state index in [-0.39, 0.29) is 5.88 Å². The molecule has 14 heavy (non-hydrogen) atoms. The van der Waals surface area contributed by atoms with E-state index in [0.717, 1.165) is 36.2 Å². The van der Waals surface area contributed by atoms with Crippen LogP contribution in [0.3, 0.4) is 0 Å². The van der Waals surface area contributed by atoms with E-state index in [1.807, 2.05) is 10.6 Å². The summed E-state index contributed by atoms with van der Waals surface area (Å²) in [6.45, 7) is 0. The van der Waals surface area contributed by atoms with Gasteiger partial charge in [-0.15, -0.1) is 0 Å². The van der Waals surface area contributed by atoms with Crippen LogP contribution in [0.4, 0.5) is 5.69 Å². The number of nitrogens with two attached hydrogens (primary N) is 1. The van der Waals surface area contributed by atoms with Crippen LogP contribution in [0.25, 0.3) is 5.65 Å². The van der Waals surface area contributed by atoms with Gasteiger partial charge in [0.25, 0.3) is 0 Å². The van der Waals surface area contributed by atoms with Crippen molar-refractivity contribution in [2.75, 3.05) is 5.73 Å². The Labute approximate surface area is 81.0 Å². The fourth-order valence-electron chi connectivity index (χ4n) is 2.18. The Hall–Kier alpha value is -1.71. The number of aryl methyl sites for hydroxylation is 1. The van der Waals surface area contributed by atoms with Gasteiger partial charge >= 0.3 is 0 Å². The van der Waals surface area contributed by atoms with E-state index in [4.69, 9.17) is 5.73 Å². The molecule has 2 aromatic rings. The monoisotopic (exact) mass is 189 g/mol. The predicted octanol–water partition coefficient (Wildman–Crippen LogP) is 1.11. The number of anilines is 1. The molecule has 4 nitrogen and oxygen atoms in total. The minimum absolute atomic E-state index is 0.170. The molecular weight excluding hydrogens is 178 g/mol. The number of hydrogen-bond acceptors (Lipinski definition) is 3. The number of hydrogen-bond donors (Lipinski definition) is 2. The molecule has 0 spiro atoms. The van der Waals surface area contributed by atoms with Crippen LogP contribution in [0.1, 0.15) is 17.7 Å². The van der Waals surface area contributed by atoms with Crippen molar-refractivity contribution in [3.63, 3.8) is 0 Å². The van der Waals surface area contributed by atoms with E-state index in [0.29, 0.717) is 5.69 Å². The van der Waals surface area contributed by atoms with Gasteiger partial charge in [-0.1, -0.05) is 0 Å². The lowest BCUT2D eigenvalue weighted by molar-refractivity contribution is 0.447. The fourth-order valence-corrected chi connectivity index (χ4v) is 2.18. The highest BCUT2D eigenvalue weighted by molar-refractivity contribution is 5.57. The summed E-state index contributed by atoms with van der Waals surface area (Å²) in [6.07, 6.45) is 4.87. The summed E-state index contributed by atoms with van der Waals surface area (Å²) in [5.41, 5.74) is 9.26. The van der Waals surface area contributed by atoms with Gasteiger partial charge in [-0.05, 0) is 19.3 Å². The van der Waals surface area contributed by atoms with Crippen LogP contribution in [0, 0.1) is 0 Å². The van der Waals surface area contributed by atoms with Crippen LogP contribution in [-0.4, -0.2) is 14.5 Å². The molecule has 0 fully saturated rings. The zero-order chi connectivity index (χ0) is 9.71. The average molecular weight is 189 g/mol. The van der Waals surface area contributed by atoms with Crippen molar-refractivity contribution < 1.29 is 5.11 Å². The van der Waals surface area contributed by atoms with E-state index >= 15 is 0 Å². The van der Waals surface area contributed by atoms with Crippen LogP contribution in [-0.2, 0) is 12.8 Å². The van der Waals surface area contributed by atoms with E-state index < -0.39 is 0 Å². The Morgan fingerprint density at radius 1 is 1.43 bits per heavy atom. The minimum atomic E-state index is 0.170. The lowest BCUT2D eigenvalue weighted by Gasteiger charge is -2.04. The molecule has 2 aromatic heterocycles. The number of aromatic hydroxyl groups is 1. The third kappa shape index (κ3) is 0.852. The Morgan fingerprint density at radius 2 is 2.29 bits per heavy atom. The van der Waals surface area contributed by atoms with Crippen molar-refractivity contribution in [2.45, 2.75) is 19.3 Å². The first kappa shape index (κ1) is 7.67. The minimum Gasteiger partial charge on any atom is -0.493 e. The molecule has 0 aromatic carbocycles. The zero-order valence-corrected chi connectivity index (χ0v) is 7.70. The van der Waals surface area contributed by atoms with Gasteiger partial charge in [-0.25, -0.2) is 0 Å². The van der Waals surface area contributed by atoms with Gasteiger partial charge in [-0.2, -0.15) is 4.98 Å². The molecule has 0 saturated heterocycles. The normalized spacial score (nSPS) is 14.9. The Kier molecular flexibility index (Phi) is 1.32. The second-order valence-corrected chi connectivity index (χ2v) is 3.72. The van der Waals surface area contributed by atoms with Gasteiger partial charge in [0.2, 0.25) is 5.88 Å². The quantitative estimate of drug-likeness (QED) is 0.652. The molecule has 3 rings (SSSR count). The second kappa shape index (κ2) is 2.41. The van der Waals surface area contributed by atoms with Crippen molar-refractivity contribution in [1.29, 1.82) is 0 Å². The van der Waals surface area contributed by atoms with Crippen LogP contribution >= 0.6 is 0 Å². The van der Waals surface area contributed by atoms with Crippen molar-refractivity contribution in [1.82, 2.24) is 9.38 Å². The largest absolute Gasteiger partial charge is 0.493 e. The molecule has 0 atom stereocenters. The maximum absolute atomic E-state index is 9.67. The van der Waals surface area contributed by atoms with Gasteiger partial charge < -0.3 is 15.2 Å². The highest BCUT2D eigenvalue weighted by Gasteiger charge is 2.19. The van der Waals surface area contributed by atoms with Gasteiger partial charge in [0, 0.05) is 23.5 Å². The SMILES string of the molecule is Nc1cc2nc(O)c3c(n2c1)CCC3. The van der Waals surface area contributed by atoms with E-state index in [2.05, 4.69) is 4.98 Å². The molecule has 0 bridgehead atoms. The molecule has 0 amide bonds. The van der Waals surface area contributed by atoms with Crippen molar-refractivity contribution >= 4 is 11.3 Å². The fraction of sp³-hybridized carbons (Fsp3) is 0.300. The molecular formula is C10H11N3O. The number of nitrogens with zero attached hydrogens (tertiary/aromatic N) is 2. The maximum atomic E-state index is 9.67. The van der Waals surface area contributed by atoms with E-state index in [9.17, 15) is 5.11 Å². The van der Waals surface area contributed by atoms with Gasteiger partial charge in [0.15, 0.2) is 0 Å². The molecule has 1 aliphatic carbocycles. The van der Waals surface area contributed by atoms with Gasteiger partial charge in [0.05, 0.1) is 5.69 Å². The average Bonchev–Trinajstić information content (AvgIpc) is 2.69. The van der Waals surface area contributed by atoms with Crippen LogP contribution in [0.5, 0.6) is 5.88 Å². The van der Waals surface area contributed by atoms with Crippen molar-refractivity contribution in [3.05, 3.63) is 23.5 Å². The van der Waals surface area contributed by atoms with Crippen LogP contribution in [0.2, 0.25) is 0 Å². The summed E-state index contributed by atoms with van der Waals surface area (Å²) >= 11 is 0. The molecule has 0 aliphatic heterocycles. The highest BCUT2D eigenvalue weighted by Crippen LogP contribution is 2.30. The lowest BCUT2D eigenvalue weighted by Crippen LogP contribution is -1.97. The number of nitrogen functional groups attached to an aromatic ring is 1. The van der Waals surface area contributed by atoms with Crippen LogP contribution in [0.15, 0.2) is 12.3 Å². The van der Waals surface area contributed by atoms with E-state index in [1.54, 1.807) is 6.07 Å². The Morgan fingerprint density at radius 3 is 3.14 bits per heavy atom. The third-order valence-corrected chi connectivity index (χ3v) is 2.79. The summed E-state index contributed by atoms with van der Waals surface area (Å²) < 4.78 is 1.98. The highest BCUT2D eigenvalue weighted by atomic mass is 16.3. The van der Waals surface area contributed by atoms with Crippen molar-refractivity contribution in [2.24, 2.45) is 0 Å². The summed E-state index contributed by atoms with van der Waals surface area (Å²) in [5.74, 6) is 0.170. The molecule has 0 radical (unpaired) electrons. The first-order valence-electron chi connectivity index (χ1n) is 4.74. The van der Waals surface area contributed by atoms with Gasteiger partial charge in [0.1, 0.15) is 5.65 Å². The standard InChI is InChI=1S/C10H11N3O/c11-6-4-9-12-10(14)7-2-1-3-8(7)13(9)5-6/h4-5H,1-3,11H2,(H,12,14). The first-order chi connectivity index (χ1) is 6.75. The second-order valence-electron chi connectivity index (χ2n) is 3.72. The van der Waals surface area contributed by atoms with Gasteiger partial charge in [-0.3, -0.25) is 0 Å². The number of aromatic nitrogens is 2. The molecule has 72 valence electrons.